The molecule has 118 valence electrons. The summed E-state index contributed by atoms with van der Waals surface area (Å²) in [5.74, 6) is -4.60. The van der Waals surface area contributed by atoms with Crippen molar-refractivity contribution in [2.24, 2.45) is 0 Å². The molecule has 0 aliphatic carbocycles. The zero-order chi connectivity index (χ0) is 16.1. The maximum Gasteiger partial charge on any atom is 0.201 e. The molecule has 0 aliphatic rings. The van der Waals surface area contributed by atoms with Crippen molar-refractivity contribution in [3.05, 3.63) is 53.6 Å². The van der Waals surface area contributed by atoms with E-state index in [0.29, 0.717) is 6.61 Å². The molecule has 0 heterocycles. The van der Waals surface area contributed by atoms with Crippen LogP contribution < -0.4 is 4.74 Å². The summed E-state index contributed by atoms with van der Waals surface area (Å²) in [7, 11) is 0. The molecule has 0 atom stereocenters. The van der Waals surface area contributed by atoms with Crippen molar-refractivity contribution >= 4 is 0 Å². The van der Waals surface area contributed by atoms with Gasteiger partial charge in [-0.05, 0) is 36.2 Å². The van der Waals surface area contributed by atoms with E-state index in [2.05, 4.69) is 0 Å². The van der Waals surface area contributed by atoms with Crippen LogP contribution in [0.2, 0.25) is 0 Å². The first kappa shape index (κ1) is 16.3. The second kappa shape index (κ2) is 7.29. The fourth-order valence-corrected chi connectivity index (χ4v) is 2.06. The average molecular weight is 312 g/mol. The molecule has 0 unspecified atom stereocenters. The van der Waals surface area contributed by atoms with Crippen LogP contribution >= 0.6 is 0 Å². The molecule has 0 fully saturated rings. The Morgan fingerprint density at radius 1 is 0.864 bits per heavy atom. The van der Waals surface area contributed by atoms with Crippen LogP contribution in [0.5, 0.6) is 5.75 Å². The molecule has 2 aromatic rings. The summed E-state index contributed by atoms with van der Waals surface area (Å²) in [6.45, 7) is 2.32. The smallest absolute Gasteiger partial charge is 0.201 e. The summed E-state index contributed by atoms with van der Waals surface area (Å²) in [4.78, 5) is 0. The van der Waals surface area contributed by atoms with E-state index < -0.39 is 23.3 Å². The van der Waals surface area contributed by atoms with Crippen molar-refractivity contribution in [2.75, 3.05) is 6.61 Å². The lowest BCUT2D eigenvalue weighted by Crippen LogP contribution is -2.01. The van der Waals surface area contributed by atoms with E-state index in [1.807, 2.05) is 6.92 Å². The van der Waals surface area contributed by atoms with E-state index in [4.69, 9.17) is 4.74 Å². The highest BCUT2D eigenvalue weighted by Crippen LogP contribution is 2.30. The van der Waals surface area contributed by atoms with Crippen LogP contribution in [-0.2, 0) is 0 Å². The Morgan fingerprint density at radius 2 is 1.64 bits per heavy atom. The fraction of sp³-hybridized carbons (Fsp3) is 0.294. The van der Waals surface area contributed by atoms with Crippen molar-refractivity contribution in [1.82, 2.24) is 0 Å². The Hall–Kier alpha value is -2.04. The molecule has 5 heteroatoms. The zero-order valence-corrected chi connectivity index (χ0v) is 12.1. The Bertz CT molecular complexity index is 655. The molecule has 2 rings (SSSR count). The summed E-state index contributed by atoms with van der Waals surface area (Å²) < 4.78 is 59.4. The van der Waals surface area contributed by atoms with Crippen LogP contribution in [-0.4, -0.2) is 6.61 Å². The number of hydrogen-bond donors (Lipinski definition) is 0. The van der Waals surface area contributed by atoms with Crippen LogP contribution in [0.4, 0.5) is 17.6 Å². The van der Waals surface area contributed by atoms with E-state index in [-0.39, 0.29) is 16.9 Å². The van der Waals surface area contributed by atoms with Crippen molar-refractivity contribution < 1.29 is 22.3 Å². The minimum atomic E-state index is -1.14. The highest BCUT2D eigenvalue weighted by atomic mass is 19.2. The van der Waals surface area contributed by atoms with E-state index in [1.165, 1.54) is 18.2 Å². The maximum atomic E-state index is 14.1. The molecule has 0 N–H and O–H groups in total. The van der Waals surface area contributed by atoms with Gasteiger partial charge >= 0.3 is 0 Å². The molecule has 0 saturated carbocycles. The largest absolute Gasteiger partial charge is 0.490 e. The standard InChI is InChI=1S/C17H16F4O/c1-2-3-4-9-22-15-8-6-12(16(20)17(15)21)11-5-7-13(18)14(19)10-11/h5-8,10H,2-4,9H2,1H3. The molecule has 0 bridgehead atoms. The quantitative estimate of drug-likeness (QED) is 0.507. The zero-order valence-electron chi connectivity index (χ0n) is 12.1. The van der Waals surface area contributed by atoms with Gasteiger partial charge in [-0.15, -0.1) is 0 Å². The first-order valence-electron chi connectivity index (χ1n) is 7.10. The maximum absolute atomic E-state index is 14.1. The number of unbranched alkanes of at least 4 members (excludes halogenated alkanes) is 2. The van der Waals surface area contributed by atoms with Crippen molar-refractivity contribution in [3.8, 4) is 16.9 Å². The van der Waals surface area contributed by atoms with Gasteiger partial charge in [0.2, 0.25) is 5.82 Å². The Morgan fingerprint density at radius 3 is 2.32 bits per heavy atom. The summed E-state index contributed by atoms with van der Waals surface area (Å²) in [6.07, 6.45) is 2.69. The second-order valence-electron chi connectivity index (χ2n) is 4.92. The molecule has 0 amide bonds. The van der Waals surface area contributed by atoms with Gasteiger partial charge in [0, 0.05) is 5.56 Å². The number of halogens is 4. The third kappa shape index (κ3) is 3.59. The number of hydrogen-bond acceptors (Lipinski definition) is 1. The van der Waals surface area contributed by atoms with Crippen LogP contribution in [0, 0.1) is 23.3 Å². The van der Waals surface area contributed by atoms with Crippen LogP contribution in [0.25, 0.3) is 11.1 Å². The summed E-state index contributed by atoms with van der Waals surface area (Å²) in [6, 6.07) is 5.48. The van der Waals surface area contributed by atoms with Crippen molar-refractivity contribution in [1.29, 1.82) is 0 Å². The highest BCUT2D eigenvalue weighted by molar-refractivity contribution is 5.65. The number of benzene rings is 2. The molecular weight excluding hydrogens is 296 g/mol. The molecule has 1 nitrogen and oxygen atoms in total. The molecule has 2 aromatic carbocycles. The Balaban J connectivity index is 2.24. The molecule has 0 spiro atoms. The van der Waals surface area contributed by atoms with Gasteiger partial charge in [0.15, 0.2) is 23.2 Å². The molecule has 0 aliphatic heterocycles. The lowest BCUT2D eigenvalue weighted by molar-refractivity contribution is 0.286. The van der Waals surface area contributed by atoms with E-state index in [1.54, 1.807) is 0 Å². The van der Waals surface area contributed by atoms with E-state index >= 15 is 0 Å². The first-order chi connectivity index (χ1) is 10.5. The van der Waals surface area contributed by atoms with E-state index in [0.717, 1.165) is 31.4 Å². The molecule has 0 aromatic heterocycles. The Kier molecular flexibility index (Phi) is 5.41. The van der Waals surface area contributed by atoms with Crippen LogP contribution in [0.3, 0.4) is 0 Å². The lowest BCUT2D eigenvalue weighted by Gasteiger charge is -2.10. The lowest BCUT2D eigenvalue weighted by atomic mass is 10.0. The van der Waals surface area contributed by atoms with Gasteiger partial charge in [0.05, 0.1) is 6.61 Å². The van der Waals surface area contributed by atoms with Gasteiger partial charge in [-0.2, -0.15) is 4.39 Å². The fourth-order valence-electron chi connectivity index (χ4n) is 2.06. The first-order valence-corrected chi connectivity index (χ1v) is 7.10. The Labute approximate surface area is 126 Å². The van der Waals surface area contributed by atoms with Crippen molar-refractivity contribution in [2.45, 2.75) is 26.2 Å². The average Bonchev–Trinajstić information content (AvgIpc) is 2.51. The monoisotopic (exact) mass is 312 g/mol. The highest BCUT2D eigenvalue weighted by Gasteiger charge is 2.16. The van der Waals surface area contributed by atoms with Gasteiger partial charge in [0.25, 0.3) is 0 Å². The number of ether oxygens (including phenoxy) is 1. The van der Waals surface area contributed by atoms with Gasteiger partial charge in [-0.25, -0.2) is 13.2 Å². The topological polar surface area (TPSA) is 9.23 Å². The molecular formula is C17H16F4O. The van der Waals surface area contributed by atoms with Gasteiger partial charge in [0.1, 0.15) is 0 Å². The number of rotatable bonds is 6. The summed E-state index contributed by atoms with van der Waals surface area (Å²) in [5.41, 5.74) is -0.0786. The minimum Gasteiger partial charge on any atom is -0.490 e. The third-order valence-electron chi connectivity index (χ3n) is 3.28. The van der Waals surface area contributed by atoms with Gasteiger partial charge in [-0.3, -0.25) is 0 Å². The van der Waals surface area contributed by atoms with Gasteiger partial charge in [-0.1, -0.05) is 25.8 Å². The van der Waals surface area contributed by atoms with Crippen LogP contribution in [0.1, 0.15) is 26.2 Å². The predicted octanol–water partition coefficient (Wildman–Crippen LogP) is 5.48. The van der Waals surface area contributed by atoms with Crippen LogP contribution in [0.15, 0.2) is 30.3 Å². The second-order valence-corrected chi connectivity index (χ2v) is 4.92. The minimum absolute atomic E-state index is 0.0628. The molecule has 0 saturated heterocycles. The van der Waals surface area contributed by atoms with Crippen molar-refractivity contribution in [3.63, 3.8) is 0 Å². The molecule has 0 radical (unpaired) electrons. The summed E-state index contributed by atoms with van der Waals surface area (Å²) >= 11 is 0. The normalized spacial score (nSPS) is 10.8. The molecule has 22 heavy (non-hydrogen) atoms. The van der Waals surface area contributed by atoms with Gasteiger partial charge < -0.3 is 4.74 Å². The third-order valence-corrected chi connectivity index (χ3v) is 3.28. The van der Waals surface area contributed by atoms with E-state index in [9.17, 15) is 17.6 Å². The SMILES string of the molecule is CCCCCOc1ccc(-c2ccc(F)c(F)c2)c(F)c1F. The summed E-state index contributed by atoms with van der Waals surface area (Å²) in [5, 5.41) is 0. The predicted molar refractivity (Wildman–Crippen MR) is 76.7 cm³/mol.